The van der Waals surface area contributed by atoms with Gasteiger partial charge in [0.1, 0.15) is 5.00 Å². The van der Waals surface area contributed by atoms with Crippen molar-refractivity contribution in [1.82, 2.24) is 24.9 Å². The zero-order chi connectivity index (χ0) is 49.4. The predicted octanol–water partition coefficient (Wildman–Crippen LogP) is 7.99. The number of aliphatic hydroxyl groups is 1. The number of nitrogens with zero attached hydrogens (tertiary/aromatic N) is 4. The summed E-state index contributed by atoms with van der Waals surface area (Å²) < 4.78 is 58.1. The number of carbonyl (C=O) groups excluding carboxylic acids is 4. The number of amides is 3. The number of carbonyl (C=O) groups is 4. The number of fused-ring (bicyclic) bond motifs is 1. The molecule has 372 valence electrons. The number of nitrogens with one attached hydrogen (secondary N) is 2. The SMILES string of the molecule is CCC(CC)N(CCN(C)C(=O)CCC(=O)NCCOCCOCCOCCO)Cc1cccc(C(=O)Nc2sc3c(c2C(=O)c2cnn(-c4ccc(Cl)c(C(F)(F)F)c4)c2)CCC(C)(C)C3)c1. The number of ether oxygens (including phenoxy) is 3. The number of ketones is 1. The Hall–Kier alpha value is -4.69. The van der Waals surface area contributed by atoms with E-state index in [1.807, 2.05) is 18.2 Å². The Labute approximate surface area is 405 Å². The lowest BCUT2D eigenvalue weighted by atomic mass is 9.76. The van der Waals surface area contributed by atoms with Crippen LogP contribution < -0.4 is 10.6 Å². The third-order valence-electron chi connectivity index (χ3n) is 11.9. The Morgan fingerprint density at radius 1 is 0.956 bits per heavy atom. The molecule has 4 aromatic rings. The first-order valence-corrected chi connectivity index (χ1v) is 24.2. The number of hydrogen-bond acceptors (Lipinski definition) is 11. The zero-order valence-corrected chi connectivity index (χ0v) is 41.1. The molecule has 2 aromatic carbocycles. The second-order valence-electron chi connectivity index (χ2n) is 17.5. The van der Waals surface area contributed by atoms with Crippen LogP contribution in [0.4, 0.5) is 18.2 Å². The van der Waals surface area contributed by atoms with E-state index < -0.39 is 28.5 Å². The normalized spacial score (nSPS) is 13.5. The minimum Gasteiger partial charge on any atom is -0.394 e. The van der Waals surface area contributed by atoms with Crippen molar-refractivity contribution in [1.29, 1.82) is 0 Å². The second kappa shape index (κ2) is 25.8. The van der Waals surface area contributed by atoms with Crippen molar-refractivity contribution in [2.45, 2.75) is 91.4 Å². The van der Waals surface area contributed by atoms with Crippen LogP contribution in [0.25, 0.3) is 5.69 Å². The Balaban J connectivity index is 1.19. The fourth-order valence-corrected chi connectivity index (χ4v) is 9.74. The number of thiophene rings is 1. The summed E-state index contributed by atoms with van der Waals surface area (Å²) in [6, 6.07) is 10.9. The summed E-state index contributed by atoms with van der Waals surface area (Å²) in [4.78, 5) is 58.9. The van der Waals surface area contributed by atoms with Gasteiger partial charge < -0.3 is 34.9 Å². The van der Waals surface area contributed by atoms with E-state index in [2.05, 4.69) is 48.3 Å². The minimum absolute atomic E-state index is 0.0185. The molecule has 3 amide bonds. The molecule has 3 N–H and O–H groups in total. The van der Waals surface area contributed by atoms with Gasteiger partial charge in [0.15, 0.2) is 5.78 Å². The van der Waals surface area contributed by atoms with Gasteiger partial charge >= 0.3 is 6.18 Å². The fourth-order valence-electron chi connectivity index (χ4n) is 8.02. The van der Waals surface area contributed by atoms with Gasteiger partial charge in [0.2, 0.25) is 11.8 Å². The van der Waals surface area contributed by atoms with Crippen molar-refractivity contribution in [2.24, 2.45) is 5.41 Å². The van der Waals surface area contributed by atoms with Gasteiger partial charge in [0.05, 0.1) is 79.8 Å². The Morgan fingerprint density at radius 2 is 1.66 bits per heavy atom. The van der Waals surface area contributed by atoms with Gasteiger partial charge in [0.25, 0.3) is 5.91 Å². The first-order chi connectivity index (χ1) is 32.4. The number of aromatic nitrogens is 2. The van der Waals surface area contributed by atoms with E-state index in [1.54, 1.807) is 18.0 Å². The molecule has 0 atom stereocenters. The number of anilines is 1. The number of alkyl halides is 3. The summed E-state index contributed by atoms with van der Waals surface area (Å²) in [6.45, 7) is 12.5. The summed E-state index contributed by atoms with van der Waals surface area (Å²) in [7, 11) is 1.73. The van der Waals surface area contributed by atoms with E-state index >= 15 is 0 Å². The van der Waals surface area contributed by atoms with Crippen molar-refractivity contribution in [3.05, 3.63) is 98.1 Å². The van der Waals surface area contributed by atoms with Crippen molar-refractivity contribution in [3.63, 3.8) is 0 Å². The van der Waals surface area contributed by atoms with E-state index in [0.29, 0.717) is 88.2 Å². The number of halogens is 4. The summed E-state index contributed by atoms with van der Waals surface area (Å²) in [5.74, 6) is -1.18. The number of benzene rings is 2. The monoisotopic (exact) mass is 988 g/mol. The molecule has 0 saturated heterocycles. The average Bonchev–Trinajstić information content (AvgIpc) is 3.93. The molecule has 14 nitrogen and oxygen atoms in total. The van der Waals surface area contributed by atoms with E-state index in [9.17, 15) is 32.3 Å². The Bertz CT molecular complexity index is 2320. The highest BCUT2D eigenvalue weighted by Gasteiger charge is 2.35. The lowest BCUT2D eigenvalue weighted by Gasteiger charge is -2.32. The topological polar surface area (TPSA) is 165 Å². The molecule has 68 heavy (non-hydrogen) atoms. The van der Waals surface area contributed by atoms with Crippen molar-refractivity contribution < 1.29 is 51.7 Å². The highest BCUT2D eigenvalue weighted by molar-refractivity contribution is 7.17. The van der Waals surface area contributed by atoms with Crippen LogP contribution in [0.2, 0.25) is 5.02 Å². The van der Waals surface area contributed by atoms with Crippen LogP contribution in [0.15, 0.2) is 54.9 Å². The van der Waals surface area contributed by atoms with Crippen LogP contribution in [0.1, 0.15) is 108 Å². The van der Waals surface area contributed by atoms with Crippen molar-refractivity contribution in [2.75, 3.05) is 78.2 Å². The van der Waals surface area contributed by atoms with E-state index in [1.165, 1.54) is 34.5 Å². The molecule has 2 aromatic heterocycles. The maximum atomic E-state index is 14.4. The quantitative estimate of drug-likeness (QED) is 0.0394. The van der Waals surface area contributed by atoms with Gasteiger partial charge in [-0.15, -0.1) is 11.3 Å². The summed E-state index contributed by atoms with van der Waals surface area (Å²) in [5, 5.41) is 18.7. The molecular weight excluding hydrogens is 925 g/mol. The van der Waals surface area contributed by atoms with Gasteiger partial charge in [-0.25, -0.2) is 4.68 Å². The molecule has 0 radical (unpaired) electrons. The first-order valence-electron chi connectivity index (χ1n) is 23.0. The fraction of sp³-hybridized carbons (Fsp3) is 0.531. The molecule has 1 aliphatic carbocycles. The van der Waals surface area contributed by atoms with Gasteiger partial charge in [-0.1, -0.05) is 51.4 Å². The third kappa shape index (κ3) is 15.7. The molecule has 0 saturated carbocycles. The predicted molar refractivity (Wildman–Crippen MR) is 256 cm³/mol. The molecule has 0 bridgehead atoms. The van der Waals surface area contributed by atoms with Crippen LogP contribution >= 0.6 is 22.9 Å². The third-order valence-corrected chi connectivity index (χ3v) is 13.4. The lowest BCUT2D eigenvalue weighted by molar-refractivity contribution is -0.137. The molecule has 0 spiro atoms. The Kier molecular flexibility index (Phi) is 20.6. The highest BCUT2D eigenvalue weighted by atomic mass is 35.5. The second-order valence-corrected chi connectivity index (χ2v) is 19.0. The molecule has 0 fully saturated rings. The molecule has 0 aliphatic heterocycles. The average molecular weight is 990 g/mol. The Morgan fingerprint density at radius 3 is 2.35 bits per heavy atom. The van der Waals surface area contributed by atoms with Crippen LogP contribution in [-0.4, -0.2) is 127 Å². The standard InChI is InChI=1S/C49H64ClF3N6O8S/c1-6-36(7-2)58(19-18-57(5)43(62)14-13-42(61)54-17-21-65-23-25-67-26-24-66-22-20-60)31-33-9-8-10-34(27-33)46(64)56-47-44(38-15-16-48(3,4)29-41(38)68-47)45(63)35-30-55-59(32-35)37-11-12-40(50)39(28-37)49(51,52)53/h8-12,27-28,30,32,36,60H,6-7,13-26,29,31H2,1-5H3,(H,54,61)(H,56,64). The largest absolute Gasteiger partial charge is 0.417 e. The highest BCUT2D eigenvalue weighted by Crippen LogP contribution is 2.45. The van der Waals surface area contributed by atoms with Crippen LogP contribution in [0, 0.1) is 5.41 Å². The smallest absolute Gasteiger partial charge is 0.394 e. The van der Waals surface area contributed by atoms with Crippen LogP contribution in [0.3, 0.4) is 0 Å². The van der Waals surface area contributed by atoms with Gasteiger partial charge in [0, 0.05) is 68.7 Å². The molecule has 19 heteroatoms. The molecule has 2 heterocycles. The maximum absolute atomic E-state index is 14.4. The summed E-state index contributed by atoms with van der Waals surface area (Å²) >= 11 is 7.22. The van der Waals surface area contributed by atoms with Gasteiger partial charge in [-0.2, -0.15) is 18.3 Å². The van der Waals surface area contributed by atoms with Gasteiger partial charge in [-0.3, -0.25) is 24.1 Å². The summed E-state index contributed by atoms with van der Waals surface area (Å²) in [6.07, 6.45) is 2.03. The molecule has 1 aliphatic rings. The van der Waals surface area contributed by atoms with E-state index in [0.717, 1.165) is 47.4 Å². The van der Waals surface area contributed by atoms with Crippen molar-refractivity contribution in [3.8, 4) is 5.69 Å². The number of rotatable bonds is 27. The van der Waals surface area contributed by atoms with Crippen LogP contribution in [0.5, 0.6) is 0 Å². The minimum atomic E-state index is -4.68. The van der Waals surface area contributed by atoms with Crippen molar-refractivity contribution >= 4 is 51.4 Å². The van der Waals surface area contributed by atoms with Crippen LogP contribution in [-0.2, 0) is 49.4 Å². The maximum Gasteiger partial charge on any atom is 0.417 e. The summed E-state index contributed by atoms with van der Waals surface area (Å²) in [5.41, 5.74) is 1.71. The number of aliphatic hydroxyl groups excluding tert-OH is 1. The molecule has 5 rings (SSSR count). The first kappa shape index (κ1) is 54.3. The molecule has 0 unspecified atom stereocenters. The molecular formula is C49H64ClF3N6O8S. The number of likely N-dealkylation sites (N-methyl/N-ethyl adjacent to an activating group) is 1. The van der Waals surface area contributed by atoms with E-state index in [-0.39, 0.29) is 60.6 Å². The van der Waals surface area contributed by atoms with Gasteiger partial charge in [-0.05, 0) is 79.0 Å². The van der Waals surface area contributed by atoms with E-state index in [4.69, 9.17) is 30.9 Å². The number of hydrogen-bond donors (Lipinski definition) is 3. The lowest BCUT2D eigenvalue weighted by Crippen LogP contribution is -2.41. The zero-order valence-electron chi connectivity index (χ0n) is 39.5.